The molecule has 12 rings (SSSR count). The van der Waals surface area contributed by atoms with Crippen molar-refractivity contribution in [2.24, 2.45) is 64.9 Å². The van der Waals surface area contributed by atoms with Gasteiger partial charge < -0.3 is 63.4 Å². The lowest BCUT2D eigenvalue weighted by Gasteiger charge is -2.36. The number of carboxylic acid groups (broad SMARTS) is 1. The number of carbonyl (C=O) groups is 2. The first-order chi connectivity index (χ1) is 46.2. The van der Waals surface area contributed by atoms with Crippen LogP contribution in [0.4, 0.5) is 0 Å². The molecule has 8 bridgehead atoms. The second-order valence-corrected chi connectivity index (χ2v) is 34.9. The van der Waals surface area contributed by atoms with Gasteiger partial charge in [0, 0.05) is 58.3 Å². The molecule has 6 aliphatic heterocycles. The topological polar surface area (TPSA) is 316 Å². The Morgan fingerprint density at radius 2 is 0.928 bits per heavy atom. The van der Waals surface area contributed by atoms with Gasteiger partial charge >= 0.3 is 21.2 Å². The zero-order valence-corrected chi connectivity index (χ0v) is 60.8. The van der Waals surface area contributed by atoms with Crippen molar-refractivity contribution in [2.45, 2.75) is 153 Å². The molecule has 0 spiro atoms. The van der Waals surface area contributed by atoms with Gasteiger partial charge in [-0.05, 0) is 173 Å². The fraction of sp³-hybridized carbons (Fsp3) is 0.629. The number of carboxylic acids is 1. The maximum absolute atomic E-state index is 14.0. The molecule has 0 aromatic heterocycles. The van der Waals surface area contributed by atoms with Crippen LogP contribution < -0.4 is 21.7 Å². The summed E-state index contributed by atoms with van der Waals surface area (Å²) in [6, 6.07) is 29.1. The summed E-state index contributed by atoms with van der Waals surface area (Å²) >= 11 is 0. The molecule has 4 unspecified atom stereocenters. The molecular formula is C70H106N4O19P2S2. The molecule has 2 saturated carbocycles. The number of aliphatic hydroxyl groups is 2. The summed E-state index contributed by atoms with van der Waals surface area (Å²) in [6.07, 6.45) is 3.19. The number of aliphatic carboxylic acids is 1. The fourth-order valence-corrected chi connectivity index (χ4v) is 20.9. The monoisotopic (exact) mass is 1430 g/mol. The number of nitrogens with zero attached hydrogens (tertiary/aromatic N) is 2. The zero-order chi connectivity index (χ0) is 70.2. The van der Waals surface area contributed by atoms with Crippen LogP contribution >= 0.6 is 15.2 Å². The van der Waals surface area contributed by atoms with E-state index in [2.05, 4.69) is 5.32 Å². The minimum atomic E-state index is -4.09. The van der Waals surface area contributed by atoms with Crippen LogP contribution in [-0.4, -0.2) is 169 Å². The van der Waals surface area contributed by atoms with Crippen LogP contribution in [0.2, 0.25) is 0 Å². The number of aliphatic hydroxyl groups excluding tert-OH is 2. The zero-order valence-electron chi connectivity index (χ0n) is 57.3. The molecule has 0 radical (unpaired) electrons. The van der Waals surface area contributed by atoms with Gasteiger partial charge in [0.1, 0.15) is 0 Å². The number of benzene rings is 4. The summed E-state index contributed by atoms with van der Waals surface area (Å²) in [5.74, 6) is 1.72. The SMILES string of the molecule is CCOP(=O)(OCC)c1ccc(S(=O)(=O)N(CC(C)C)C[C@@H](O)[C@@H](N)Cc2ccccc2)cc1.CCOP(=O)(OCC)c1ccc(S(=O)(=O)N(CC(C)C)C[C@@H](O)[C@H](Cc2ccccc2)NC(=O)C[C@H]2C3CCC4[C@@H](OC3)OC[C@H]42)cc1.O=C(O)C[C@H]1C2CCC3[C@@H](OC2)OC[C@H]31.[HH]. The van der Waals surface area contributed by atoms with E-state index in [0.717, 1.165) is 36.8 Å². The Balaban J connectivity index is 0.000000233. The van der Waals surface area contributed by atoms with E-state index >= 15 is 0 Å². The Morgan fingerprint density at radius 3 is 1.32 bits per heavy atom. The summed E-state index contributed by atoms with van der Waals surface area (Å²) < 4.78 is 128. The van der Waals surface area contributed by atoms with Crippen LogP contribution in [0.3, 0.4) is 0 Å². The second kappa shape index (κ2) is 36.0. The maximum atomic E-state index is 14.0. The summed E-state index contributed by atoms with van der Waals surface area (Å²) in [6.45, 7) is 17.8. The highest BCUT2D eigenvalue weighted by Gasteiger charge is 2.53. The predicted octanol–water partition coefficient (Wildman–Crippen LogP) is 8.86. The molecule has 1 amide bonds. The van der Waals surface area contributed by atoms with E-state index in [9.17, 15) is 45.8 Å². The van der Waals surface area contributed by atoms with Gasteiger partial charge in [-0.15, -0.1) is 0 Å². The van der Waals surface area contributed by atoms with E-state index in [1.54, 1.807) is 27.7 Å². The third kappa shape index (κ3) is 20.5. The standard InChI is InChI=1S/C35H51N2O9PS.C24H37N2O6PS.C11H16O4.H2/c1-5-45-47(40,46-6-2)27-13-15-28(16-14-27)48(41,42)37(20-24(3)4)21-33(38)32(18-25-10-8-7-9-11-25)36-34(39)19-30-26-12-17-29-31(30)23-44-35(29)43-22-26;1-5-31-33(28,32-6-2)21-12-14-22(15-13-21)34(29,30)26(17-19(3)4)18-24(27)23(25)16-20-10-8-7-9-11-20;12-10(13)3-8-6-1-2-7-9(8)5-15-11(7)14-4-6;/h7-11,13-16,24,26,29-33,35,38H,5-6,12,17-23H2,1-4H3,(H,36,39);7-15,19,23-24,27H,5-6,16-18,25H2,1-4H3;6-9,11H,1-5H2,(H,12,13);1H/t26?,29?,30-,31+,32-,33+,35-;23-,24+;6?,7?,8-,9+,11-;/m000./s1. The predicted molar refractivity (Wildman–Crippen MR) is 370 cm³/mol. The molecule has 542 valence electrons. The largest absolute Gasteiger partial charge is 0.481 e. The Kier molecular flexibility index (Phi) is 29.1. The number of rotatable bonds is 33. The molecule has 97 heavy (non-hydrogen) atoms. The highest BCUT2D eigenvalue weighted by molar-refractivity contribution is 7.89. The molecule has 4 aromatic carbocycles. The Bertz CT molecular complexity index is 3440. The van der Waals surface area contributed by atoms with E-state index in [1.165, 1.54) is 57.1 Å². The van der Waals surface area contributed by atoms with Crippen LogP contribution in [0.5, 0.6) is 0 Å². The molecule has 2 aliphatic carbocycles. The molecular weight excluding hydrogens is 1330 g/mol. The van der Waals surface area contributed by atoms with Crippen LogP contribution in [-0.2, 0) is 88.6 Å². The molecule has 8 aliphatic rings. The molecule has 14 atom stereocenters. The lowest BCUT2D eigenvalue weighted by Crippen LogP contribution is -2.51. The quantitative estimate of drug-likeness (QED) is 0.0278. The van der Waals surface area contributed by atoms with Crippen molar-refractivity contribution in [3.8, 4) is 0 Å². The van der Waals surface area contributed by atoms with Crippen molar-refractivity contribution in [2.75, 3.05) is 79.0 Å². The minimum Gasteiger partial charge on any atom is -0.481 e. The molecule has 8 fully saturated rings. The smallest absolute Gasteiger partial charge is 0.361 e. The third-order valence-electron chi connectivity index (χ3n) is 19.2. The highest BCUT2D eigenvalue weighted by atomic mass is 32.2. The van der Waals surface area contributed by atoms with E-state index in [1.807, 2.05) is 88.4 Å². The average molecular weight is 1430 g/mol. The van der Waals surface area contributed by atoms with E-state index < -0.39 is 65.5 Å². The van der Waals surface area contributed by atoms with Crippen molar-refractivity contribution in [3.05, 3.63) is 120 Å². The van der Waals surface area contributed by atoms with E-state index in [4.69, 9.17) is 47.9 Å². The third-order valence-corrected chi connectivity index (χ3v) is 27.1. The number of sulfonamides is 2. The van der Waals surface area contributed by atoms with Gasteiger partial charge in [0.25, 0.3) is 0 Å². The van der Waals surface area contributed by atoms with Crippen LogP contribution in [0.15, 0.2) is 119 Å². The highest BCUT2D eigenvalue weighted by Crippen LogP contribution is 2.52. The lowest BCUT2D eigenvalue weighted by molar-refractivity contribution is -0.142. The number of carbonyl (C=O) groups excluding carboxylic acids is 1. The normalized spacial score (nSPS) is 25.0. The Hall–Kier alpha value is -4.34. The number of hydrogen-bond donors (Lipinski definition) is 5. The molecule has 27 heteroatoms. The number of fused-ring (bicyclic) bond motifs is 4. The van der Waals surface area contributed by atoms with Gasteiger partial charge in [-0.3, -0.25) is 18.7 Å². The van der Waals surface area contributed by atoms with Gasteiger partial charge in [0.2, 0.25) is 26.0 Å². The van der Waals surface area contributed by atoms with Gasteiger partial charge in [-0.2, -0.15) is 8.61 Å². The number of amides is 1. The van der Waals surface area contributed by atoms with E-state index in [-0.39, 0.29) is 135 Å². The van der Waals surface area contributed by atoms with Gasteiger partial charge in [0.05, 0.1) is 91.5 Å². The number of nitrogens with one attached hydrogen (secondary N) is 1. The Morgan fingerprint density at radius 1 is 0.546 bits per heavy atom. The minimum absolute atomic E-state index is 0. The summed E-state index contributed by atoms with van der Waals surface area (Å²) in [4.78, 5) is 24.6. The van der Waals surface area contributed by atoms with Crippen molar-refractivity contribution in [1.82, 2.24) is 13.9 Å². The summed E-state index contributed by atoms with van der Waals surface area (Å²) in [7, 11) is -15.2. The van der Waals surface area contributed by atoms with Crippen molar-refractivity contribution in [1.29, 1.82) is 0 Å². The molecule has 6 N–H and O–H groups in total. The first-order valence-corrected chi connectivity index (χ1v) is 40.4. The van der Waals surface area contributed by atoms with Crippen molar-refractivity contribution >= 4 is 57.7 Å². The van der Waals surface area contributed by atoms with Crippen LogP contribution in [0, 0.1) is 59.2 Å². The first-order valence-electron chi connectivity index (χ1n) is 34.4. The number of ether oxygens (including phenoxy) is 4. The fourth-order valence-electron chi connectivity index (χ4n) is 14.5. The average Bonchev–Trinajstić information content (AvgIpc) is 1.59. The molecule has 6 heterocycles. The van der Waals surface area contributed by atoms with Crippen LogP contribution in [0.1, 0.15) is 106 Å². The molecule has 23 nitrogen and oxygen atoms in total. The lowest BCUT2D eigenvalue weighted by atomic mass is 9.67. The summed E-state index contributed by atoms with van der Waals surface area (Å²) in [5.41, 5.74) is 8.09. The van der Waals surface area contributed by atoms with Gasteiger partial charge in [0.15, 0.2) is 12.6 Å². The van der Waals surface area contributed by atoms with Gasteiger partial charge in [-0.1, -0.05) is 88.4 Å². The van der Waals surface area contributed by atoms with E-state index in [0.29, 0.717) is 69.4 Å². The van der Waals surface area contributed by atoms with Crippen molar-refractivity contribution in [3.63, 3.8) is 0 Å². The van der Waals surface area contributed by atoms with Crippen molar-refractivity contribution < 1.29 is 89.3 Å². The maximum Gasteiger partial charge on any atom is 0.361 e. The molecule has 4 aromatic rings. The summed E-state index contributed by atoms with van der Waals surface area (Å²) in [5, 5.41) is 35.0. The number of hydrogen-bond acceptors (Lipinski definition) is 19. The second-order valence-electron chi connectivity index (χ2n) is 27.0. The van der Waals surface area contributed by atoms with Crippen LogP contribution in [0.25, 0.3) is 0 Å². The van der Waals surface area contributed by atoms with Gasteiger partial charge in [-0.25, -0.2) is 16.8 Å². The molecule has 6 saturated heterocycles. The first kappa shape index (κ1) is 78.4. The number of nitrogens with two attached hydrogens (primary N) is 1. The Labute approximate surface area is 575 Å².